The predicted octanol–water partition coefficient (Wildman–Crippen LogP) is 2.52. The maximum atomic E-state index is 2.61. The first-order chi connectivity index (χ1) is 5.33. The summed E-state index contributed by atoms with van der Waals surface area (Å²) in [4.78, 5) is 2.61. The second kappa shape index (κ2) is 4.76. The molecular formula is C10H21N. The van der Waals surface area contributed by atoms with Crippen molar-refractivity contribution in [3.63, 3.8) is 0 Å². The lowest BCUT2D eigenvalue weighted by Crippen LogP contribution is -2.21. The summed E-state index contributed by atoms with van der Waals surface area (Å²) in [7, 11) is 0. The van der Waals surface area contributed by atoms with Crippen LogP contribution in [0.3, 0.4) is 0 Å². The lowest BCUT2D eigenvalue weighted by atomic mass is 10.2. The Hall–Kier alpha value is -0.0400. The molecule has 1 aliphatic rings. The van der Waals surface area contributed by atoms with Crippen molar-refractivity contribution in [3.8, 4) is 0 Å². The average molecular weight is 155 g/mol. The fraction of sp³-hybridized carbons (Fsp3) is 1.00. The topological polar surface area (TPSA) is 3.24 Å². The summed E-state index contributed by atoms with van der Waals surface area (Å²) in [6.45, 7) is 8.68. The lowest BCUT2D eigenvalue weighted by Gasteiger charge is -2.14. The third-order valence-corrected chi connectivity index (χ3v) is 2.59. The van der Waals surface area contributed by atoms with E-state index in [1.165, 1.54) is 45.3 Å². The summed E-state index contributed by atoms with van der Waals surface area (Å²) >= 11 is 0. The number of hydrogen-bond acceptors (Lipinski definition) is 1. The molecule has 1 nitrogen and oxygen atoms in total. The Balaban J connectivity index is 1.99. The Morgan fingerprint density at radius 3 is 2.73 bits per heavy atom. The second-order valence-electron chi connectivity index (χ2n) is 3.90. The summed E-state index contributed by atoms with van der Waals surface area (Å²) in [5.74, 6) is 0.955. The van der Waals surface area contributed by atoms with E-state index in [1.807, 2.05) is 0 Å². The van der Waals surface area contributed by atoms with Gasteiger partial charge in [-0.1, -0.05) is 26.7 Å². The minimum atomic E-state index is 0.955. The molecule has 1 aliphatic heterocycles. The molecule has 66 valence electrons. The van der Waals surface area contributed by atoms with Crippen molar-refractivity contribution in [1.29, 1.82) is 0 Å². The zero-order valence-electron chi connectivity index (χ0n) is 7.97. The van der Waals surface area contributed by atoms with Gasteiger partial charge in [0.2, 0.25) is 0 Å². The second-order valence-corrected chi connectivity index (χ2v) is 3.90. The molecule has 0 aliphatic carbocycles. The first-order valence-corrected chi connectivity index (χ1v) is 5.05. The molecule has 0 unspecified atom stereocenters. The maximum Gasteiger partial charge on any atom is 0.000750 e. The molecule has 0 spiro atoms. The van der Waals surface area contributed by atoms with E-state index in [2.05, 4.69) is 18.7 Å². The molecule has 11 heavy (non-hydrogen) atoms. The number of hydrogen-bond donors (Lipinski definition) is 0. The number of rotatable bonds is 4. The van der Waals surface area contributed by atoms with E-state index in [4.69, 9.17) is 0 Å². The van der Waals surface area contributed by atoms with Gasteiger partial charge in [0.25, 0.3) is 0 Å². The molecule has 0 saturated carbocycles. The van der Waals surface area contributed by atoms with Crippen LogP contribution in [0.2, 0.25) is 0 Å². The van der Waals surface area contributed by atoms with Crippen LogP contribution in [-0.4, -0.2) is 24.5 Å². The van der Waals surface area contributed by atoms with Crippen molar-refractivity contribution >= 4 is 0 Å². The van der Waals surface area contributed by atoms with Gasteiger partial charge in [-0.15, -0.1) is 0 Å². The molecular weight excluding hydrogens is 134 g/mol. The van der Waals surface area contributed by atoms with Gasteiger partial charge < -0.3 is 4.90 Å². The molecule has 0 aromatic rings. The Morgan fingerprint density at radius 2 is 2.18 bits per heavy atom. The molecule has 1 fully saturated rings. The number of nitrogens with zero attached hydrogens (tertiary/aromatic N) is 1. The third kappa shape index (κ3) is 3.24. The Morgan fingerprint density at radius 1 is 1.36 bits per heavy atom. The largest absolute Gasteiger partial charge is 0.303 e. The molecule has 1 saturated heterocycles. The number of likely N-dealkylation sites (tertiary alicyclic amines) is 1. The van der Waals surface area contributed by atoms with E-state index in [-0.39, 0.29) is 0 Å². The van der Waals surface area contributed by atoms with Crippen LogP contribution in [0.25, 0.3) is 0 Å². The minimum absolute atomic E-state index is 0.955. The van der Waals surface area contributed by atoms with Gasteiger partial charge >= 0.3 is 0 Å². The van der Waals surface area contributed by atoms with Gasteiger partial charge in [-0.05, 0) is 31.8 Å². The molecule has 0 amide bonds. The van der Waals surface area contributed by atoms with Crippen molar-refractivity contribution in [3.05, 3.63) is 0 Å². The molecule has 0 N–H and O–H groups in total. The maximum absolute atomic E-state index is 2.61. The zero-order valence-corrected chi connectivity index (χ0v) is 7.97. The van der Waals surface area contributed by atoms with E-state index >= 15 is 0 Å². The standard InChI is InChI=1S/C10H21N/c1-3-4-5-7-11-8-6-10(2)9-11/h10H,3-9H2,1-2H3/t10-/m0/s1. The quantitative estimate of drug-likeness (QED) is 0.564. The van der Waals surface area contributed by atoms with E-state index in [1.54, 1.807) is 0 Å². The Labute approximate surface area is 70.8 Å². The van der Waals surface area contributed by atoms with Gasteiger partial charge in [0.15, 0.2) is 0 Å². The summed E-state index contributed by atoms with van der Waals surface area (Å²) < 4.78 is 0. The van der Waals surface area contributed by atoms with Crippen LogP contribution in [-0.2, 0) is 0 Å². The highest BCUT2D eigenvalue weighted by atomic mass is 15.1. The average Bonchev–Trinajstić information content (AvgIpc) is 2.37. The van der Waals surface area contributed by atoms with Gasteiger partial charge in [-0.3, -0.25) is 0 Å². The molecule has 0 aromatic carbocycles. The van der Waals surface area contributed by atoms with E-state index in [0.717, 1.165) is 5.92 Å². The fourth-order valence-corrected chi connectivity index (χ4v) is 1.81. The Bertz CT molecular complexity index is 101. The molecule has 1 rings (SSSR count). The summed E-state index contributed by atoms with van der Waals surface area (Å²) in [5.41, 5.74) is 0. The van der Waals surface area contributed by atoms with E-state index < -0.39 is 0 Å². The van der Waals surface area contributed by atoms with E-state index in [0.29, 0.717) is 0 Å². The van der Waals surface area contributed by atoms with Crippen LogP contribution in [0.1, 0.15) is 39.5 Å². The van der Waals surface area contributed by atoms with Gasteiger partial charge in [-0.25, -0.2) is 0 Å². The van der Waals surface area contributed by atoms with Gasteiger partial charge in [0, 0.05) is 6.54 Å². The van der Waals surface area contributed by atoms with Crippen molar-refractivity contribution in [1.82, 2.24) is 4.90 Å². The molecule has 0 bridgehead atoms. The molecule has 0 radical (unpaired) electrons. The highest BCUT2D eigenvalue weighted by molar-refractivity contribution is 4.71. The van der Waals surface area contributed by atoms with Gasteiger partial charge in [0.1, 0.15) is 0 Å². The van der Waals surface area contributed by atoms with Crippen LogP contribution in [0, 0.1) is 5.92 Å². The SMILES string of the molecule is CCCCCN1CC[C@H](C)C1. The summed E-state index contributed by atoms with van der Waals surface area (Å²) in [5, 5.41) is 0. The first-order valence-electron chi connectivity index (χ1n) is 5.05. The summed E-state index contributed by atoms with van der Waals surface area (Å²) in [6.07, 6.45) is 5.59. The normalized spacial score (nSPS) is 26.2. The van der Waals surface area contributed by atoms with Gasteiger partial charge in [0.05, 0.1) is 0 Å². The molecule has 1 heterocycles. The van der Waals surface area contributed by atoms with E-state index in [9.17, 15) is 0 Å². The molecule has 0 aromatic heterocycles. The zero-order chi connectivity index (χ0) is 8.10. The minimum Gasteiger partial charge on any atom is -0.303 e. The van der Waals surface area contributed by atoms with Crippen LogP contribution in [0.4, 0.5) is 0 Å². The highest BCUT2D eigenvalue weighted by Crippen LogP contribution is 2.15. The molecule has 1 heteroatoms. The predicted molar refractivity (Wildman–Crippen MR) is 49.7 cm³/mol. The third-order valence-electron chi connectivity index (χ3n) is 2.59. The Kier molecular flexibility index (Phi) is 3.92. The van der Waals surface area contributed by atoms with Crippen molar-refractivity contribution in [2.75, 3.05) is 19.6 Å². The van der Waals surface area contributed by atoms with Gasteiger partial charge in [-0.2, -0.15) is 0 Å². The van der Waals surface area contributed by atoms with Crippen LogP contribution in [0.5, 0.6) is 0 Å². The highest BCUT2D eigenvalue weighted by Gasteiger charge is 2.16. The van der Waals surface area contributed by atoms with Crippen LogP contribution >= 0.6 is 0 Å². The fourth-order valence-electron chi connectivity index (χ4n) is 1.81. The number of unbranched alkanes of at least 4 members (excludes halogenated alkanes) is 2. The first kappa shape index (κ1) is 9.05. The van der Waals surface area contributed by atoms with Crippen molar-refractivity contribution in [2.45, 2.75) is 39.5 Å². The summed E-state index contributed by atoms with van der Waals surface area (Å²) in [6, 6.07) is 0. The van der Waals surface area contributed by atoms with Crippen molar-refractivity contribution in [2.24, 2.45) is 5.92 Å². The molecule has 1 atom stereocenters. The lowest BCUT2D eigenvalue weighted by molar-refractivity contribution is 0.319. The van der Waals surface area contributed by atoms with Crippen LogP contribution < -0.4 is 0 Å². The van der Waals surface area contributed by atoms with Crippen molar-refractivity contribution < 1.29 is 0 Å². The monoisotopic (exact) mass is 155 g/mol. The smallest absolute Gasteiger partial charge is 0.000750 e. The van der Waals surface area contributed by atoms with Crippen LogP contribution in [0.15, 0.2) is 0 Å².